The van der Waals surface area contributed by atoms with E-state index < -0.39 is 11.7 Å². The molecule has 0 unspecified atom stereocenters. The Morgan fingerprint density at radius 1 is 1.18 bits per heavy atom. The molecule has 0 bridgehead atoms. The molecule has 3 heterocycles. The van der Waals surface area contributed by atoms with Crippen molar-refractivity contribution in [2.24, 2.45) is 0 Å². The highest BCUT2D eigenvalue weighted by molar-refractivity contribution is 5.87. The van der Waals surface area contributed by atoms with Crippen molar-refractivity contribution in [3.63, 3.8) is 0 Å². The molecular weight excluding hydrogens is 426 g/mol. The van der Waals surface area contributed by atoms with Gasteiger partial charge in [0.05, 0.1) is 25.5 Å². The van der Waals surface area contributed by atoms with Crippen molar-refractivity contribution in [2.75, 3.05) is 27.2 Å². The first-order valence-electron chi connectivity index (χ1n) is 10.3. The summed E-state index contributed by atoms with van der Waals surface area (Å²) in [7, 11) is 4.03. The van der Waals surface area contributed by atoms with Crippen molar-refractivity contribution < 1.29 is 19.1 Å². The fourth-order valence-electron chi connectivity index (χ4n) is 3.30. The molecule has 33 heavy (non-hydrogen) atoms. The molecule has 0 aliphatic rings. The summed E-state index contributed by atoms with van der Waals surface area (Å²) < 4.78 is 12.2. The lowest BCUT2D eigenvalue weighted by molar-refractivity contribution is 0.0691. The highest BCUT2D eigenvalue weighted by Gasteiger charge is 2.15. The number of carboxylic acids is 1. The van der Waals surface area contributed by atoms with Crippen LogP contribution in [0.3, 0.4) is 0 Å². The van der Waals surface area contributed by atoms with E-state index in [1.54, 1.807) is 12.4 Å². The van der Waals surface area contributed by atoms with E-state index in [1.807, 2.05) is 38.4 Å². The Morgan fingerprint density at radius 2 is 1.97 bits per heavy atom. The lowest BCUT2D eigenvalue weighted by atomic mass is 10.1. The predicted molar refractivity (Wildman–Crippen MR) is 120 cm³/mol. The van der Waals surface area contributed by atoms with Crippen molar-refractivity contribution in [3.05, 3.63) is 70.6 Å². The van der Waals surface area contributed by atoms with Crippen LogP contribution < -0.4 is 10.5 Å². The van der Waals surface area contributed by atoms with Crippen LogP contribution in [0, 0.1) is 0 Å². The van der Waals surface area contributed by atoms with Crippen molar-refractivity contribution in [1.29, 1.82) is 0 Å². The molecule has 1 aromatic carbocycles. The molecule has 0 amide bonds. The monoisotopic (exact) mass is 449 g/mol. The Labute approximate surface area is 189 Å². The number of ether oxygens (including phenoxy) is 1. The van der Waals surface area contributed by atoms with E-state index in [2.05, 4.69) is 19.9 Å². The fraction of sp³-hybridized carbons (Fsp3) is 0.261. The first kappa shape index (κ1) is 22.2. The number of pyridine rings is 1. The van der Waals surface area contributed by atoms with Gasteiger partial charge in [0.2, 0.25) is 0 Å². The molecule has 10 nitrogen and oxygen atoms in total. The number of oxazole rings is 1. The van der Waals surface area contributed by atoms with Crippen LogP contribution >= 0.6 is 0 Å². The third kappa shape index (κ3) is 5.24. The number of aromatic nitrogens is 4. The van der Waals surface area contributed by atoms with Crippen LogP contribution in [0.2, 0.25) is 0 Å². The molecule has 0 atom stereocenters. The van der Waals surface area contributed by atoms with Gasteiger partial charge in [0.1, 0.15) is 0 Å². The number of hydrogen-bond donors (Lipinski definition) is 1. The number of aromatic carboxylic acids is 1. The largest absolute Gasteiger partial charge is 0.490 e. The van der Waals surface area contributed by atoms with Crippen LogP contribution in [-0.4, -0.2) is 62.7 Å². The quantitative estimate of drug-likeness (QED) is 0.384. The number of nitrogens with zero attached hydrogens (tertiary/aromatic N) is 5. The molecule has 0 saturated carbocycles. The number of rotatable bonds is 9. The topological polar surface area (TPSA) is 124 Å². The molecule has 0 aliphatic heterocycles. The first-order chi connectivity index (χ1) is 15.9. The van der Waals surface area contributed by atoms with Gasteiger partial charge in [-0.1, -0.05) is 18.2 Å². The summed E-state index contributed by atoms with van der Waals surface area (Å²) in [6.45, 7) is 1.68. The molecule has 10 heteroatoms. The molecule has 170 valence electrons. The number of carbonyl (C=O) groups is 1. The van der Waals surface area contributed by atoms with Crippen LogP contribution in [0.25, 0.3) is 22.6 Å². The van der Waals surface area contributed by atoms with Crippen LogP contribution in [-0.2, 0) is 6.54 Å². The van der Waals surface area contributed by atoms with Gasteiger partial charge in [0.15, 0.2) is 28.5 Å². The zero-order chi connectivity index (χ0) is 23.4. The van der Waals surface area contributed by atoms with Gasteiger partial charge in [-0.3, -0.25) is 4.57 Å². The molecule has 0 radical (unpaired) electrons. The van der Waals surface area contributed by atoms with Crippen molar-refractivity contribution in [3.8, 4) is 17.1 Å². The van der Waals surface area contributed by atoms with Gasteiger partial charge in [0, 0.05) is 12.1 Å². The summed E-state index contributed by atoms with van der Waals surface area (Å²) in [6, 6.07) is 10.1. The number of carboxylic acid groups (broad SMARTS) is 1. The second kappa shape index (κ2) is 9.61. The SMILES string of the molecule is CN(C)CCCOc1cnc(-c2cccc(Cn3c(=O)oc4ccc(C(=O)O)nc43)c2)nc1. The zero-order valence-electron chi connectivity index (χ0n) is 18.3. The van der Waals surface area contributed by atoms with Gasteiger partial charge >= 0.3 is 11.7 Å². The van der Waals surface area contributed by atoms with Crippen LogP contribution in [0.15, 0.2) is 58.0 Å². The molecule has 4 rings (SSSR count). The smallest absolute Gasteiger partial charge is 0.421 e. The summed E-state index contributed by atoms with van der Waals surface area (Å²) in [6.07, 6.45) is 4.17. The van der Waals surface area contributed by atoms with Crippen LogP contribution in [0.1, 0.15) is 22.5 Å². The lowest BCUT2D eigenvalue weighted by Gasteiger charge is -2.10. The summed E-state index contributed by atoms with van der Waals surface area (Å²) in [5.74, 6) is -0.669. The van der Waals surface area contributed by atoms with E-state index in [0.717, 1.165) is 24.1 Å². The Balaban J connectivity index is 1.52. The van der Waals surface area contributed by atoms with Crippen molar-refractivity contribution in [2.45, 2.75) is 13.0 Å². The molecule has 0 spiro atoms. The molecule has 1 N–H and O–H groups in total. The maximum atomic E-state index is 12.3. The molecule has 4 aromatic rings. The highest BCUT2D eigenvalue weighted by Crippen LogP contribution is 2.20. The number of benzene rings is 1. The average Bonchev–Trinajstić information content (AvgIpc) is 3.11. The molecule has 3 aromatic heterocycles. The third-order valence-electron chi connectivity index (χ3n) is 4.90. The second-order valence-electron chi connectivity index (χ2n) is 7.73. The molecule has 0 aliphatic carbocycles. The highest BCUT2D eigenvalue weighted by atomic mass is 16.5. The van der Waals surface area contributed by atoms with Crippen LogP contribution in [0.5, 0.6) is 5.75 Å². The van der Waals surface area contributed by atoms with Gasteiger partial charge in [-0.05, 0) is 44.3 Å². The van der Waals surface area contributed by atoms with Gasteiger partial charge in [-0.25, -0.2) is 24.5 Å². The normalized spacial score (nSPS) is 11.2. The summed E-state index contributed by atoms with van der Waals surface area (Å²) >= 11 is 0. The maximum Gasteiger partial charge on any atom is 0.421 e. The predicted octanol–water partition coefficient (Wildman–Crippen LogP) is 2.52. The van der Waals surface area contributed by atoms with E-state index in [1.165, 1.54) is 16.7 Å². The summed E-state index contributed by atoms with van der Waals surface area (Å²) in [5.41, 5.74) is 1.80. The molecule has 0 saturated heterocycles. The standard InChI is InChI=1S/C23H23N5O5/c1-27(2)9-4-10-32-17-12-24-20(25-13-17)16-6-3-5-15(11-16)14-28-21-19(33-23(28)31)8-7-18(26-21)22(29)30/h3,5-8,11-13H,4,9-10,14H2,1-2H3,(H,29,30). The van der Waals surface area contributed by atoms with E-state index in [-0.39, 0.29) is 23.5 Å². The molecular formula is C23H23N5O5. The minimum atomic E-state index is -1.18. The van der Waals surface area contributed by atoms with Gasteiger partial charge in [0.25, 0.3) is 0 Å². The van der Waals surface area contributed by atoms with Gasteiger partial charge in [-0.15, -0.1) is 0 Å². The minimum Gasteiger partial charge on any atom is -0.490 e. The average molecular weight is 449 g/mol. The van der Waals surface area contributed by atoms with E-state index in [4.69, 9.17) is 9.15 Å². The first-order valence-corrected chi connectivity index (χ1v) is 10.3. The summed E-state index contributed by atoms with van der Waals surface area (Å²) in [5, 5.41) is 9.19. The fourth-order valence-corrected chi connectivity index (χ4v) is 3.30. The second-order valence-corrected chi connectivity index (χ2v) is 7.73. The van der Waals surface area contributed by atoms with E-state index in [0.29, 0.717) is 18.2 Å². The Bertz CT molecular complexity index is 1330. The van der Waals surface area contributed by atoms with Crippen molar-refractivity contribution >= 4 is 17.2 Å². The Morgan fingerprint density at radius 3 is 2.70 bits per heavy atom. The third-order valence-corrected chi connectivity index (χ3v) is 4.90. The minimum absolute atomic E-state index is 0.156. The van der Waals surface area contributed by atoms with Gasteiger partial charge in [-0.2, -0.15) is 0 Å². The molecule has 0 fully saturated rings. The van der Waals surface area contributed by atoms with E-state index >= 15 is 0 Å². The number of fused-ring (bicyclic) bond motifs is 1. The Kier molecular flexibility index (Phi) is 6.45. The summed E-state index contributed by atoms with van der Waals surface area (Å²) in [4.78, 5) is 38.5. The van der Waals surface area contributed by atoms with Crippen molar-refractivity contribution in [1.82, 2.24) is 24.4 Å². The maximum absolute atomic E-state index is 12.3. The lowest BCUT2D eigenvalue weighted by Crippen LogP contribution is -2.16. The van der Waals surface area contributed by atoms with E-state index in [9.17, 15) is 14.7 Å². The number of hydrogen-bond acceptors (Lipinski definition) is 8. The zero-order valence-corrected chi connectivity index (χ0v) is 18.3. The van der Waals surface area contributed by atoms with Gasteiger partial charge < -0.3 is 19.2 Å². The van der Waals surface area contributed by atoms with Crippen LogP contribution in [0.4, 0.5) is 0 Å². The Hall–Kier alpha value is -4.05.